The van der Waals surface area contributed by atoms with Crippen molar-refractivity contribution in [2.45, 2.75) is 64.5 Å². The molecule has 2 fully saturated rings. The van der Waals surface area contributed by atoms with Crippen LogP contribution in [0.2, 0.25) is 0 Å². The number of amides is 1. The summed E-state index contributed by atoms with van der Waals surface area (Å²) in [6.07, 6.45) is 6.71. The number of aliphatic imine (C=N–C) groups is 1. The Labute approximate surface area is 195 Å². The number of rotatable bonds is 9. The van der Waals surface area contributed by atoms with E-state index in [1.54, 1.807) is 4.90 Å². The third-order valence-electron chi connectivity index (χ3n) is 5.78. The van der Waals surface area contributed by atoms with Crippen molar-refractivity contribution in [3.8, 4) is 0 Å². The Morgan fingerprint density at radius 1 is 1.10 bits per heavy atom. The number of hydrogen-bond donors (Lipinski definition) is 2. The molecule has 2 rings (SSSR count). The predicted octanol–water partition coefficient (Wildman–Crippen LogP) is 1.98. The molecular weight excluding hydrogens is 479 g/mol. The monoisotopic (exact) mass is 522 g/mol. The molecule has 170 valence electrons. The quantitative estimate of drug-likeness (QED) is 0.210. The summed E-state index contributed by atoms with van der Waals surface area (Å²) in [5.74, 6) is 1.18. The molecule has 0 radical (unpaired) electrons. The number of nitrogens with one attached hydrogen (secondary N) is 2. The third kappa shape index (κ3) is 8.96. The molecule has 7 nitrogen and oxygen atoms in total. The van der Waals surface area contributed by atoms with Crippen molar-refractivity contribution in [3.05, 3.63) is 0 Å². The second-order valence-corrected chi connectivity index (χ2v) is 8.30. The second kappa shape index (κ2) is 14.4. The Balaban J connectivity index is 0.00000420. The van der Waals surface area contributed by atoms with E-state index in [-0.39, 0.29) is 35.9 Å². The van der Waals surface area contributed by atoms with Gasteiger partial charge in [-0.3, -0.25) is 14.7 Å². The molecule has 0 aromatic heterocycles. The minimum Gasteiger partial charge on any atom is -0.357 e. The highest BCUT2D eigenvalue weighted by atomic mass is 127. The average Bonchev–Trinajstić information content (AvgIpc) is 3.14. The summed E-state index contributed by atoms with van der Waals surface area (Å²) in [6.45, 7) is 11.6. The molecule has 0 aromatic carbocycles. The van der Waals surface area contributed by atoms with Crippen molar-refractivity contribution in [1.82, 2.24) is 25.3 Å². The fourth-order valence-corrected chi connectivity index (χ4v) is 4.27. The molecule has 2 saturated heterocycles. The lowest BCUT2D eigenvalue weighted by atomic mass is 10.1. The number of carbonyl (C=O) groups is 1. The van der Waals surface area contributed by atoms with Crippen molar-refractivity contribution in [3.63, 3.8) is 0 Å². The standard InChI is InChI=1S/C21H42N6O.HI/c1-5-13-26-16-10-18(11-17-26)24-21(22-6-2)23-12-8-15-27-14-7-9-19(27)20(28)25(3)4;/h18-19H,5-17H2,1-4H3,(H2,22,23,24);1H. The zero-order valence-corrected chi connectivity index (χ0v) is 21.3. The molecule has 2 aliphatic heterocycles. The Kier molecular flexibility index (Phi) is 13.1. The van der Waals surface area contributed by atoms with Crippen molar-refractivity contribution >= 4 is 35.8 Å². The van der Waals surface area contributed by atoms with Crippen LogP contribution in [0.5, 0.6) is 0 Å². The molecule has 0 bridgehead atoms. The summed E-state index contributed by atoms with van der Waals surface area (Å²) in [5, 5.41) is 7.02. The number of guanidine groups is 1. The van der Waals surface area contributed by atoms with Crippen LogP contribution >= 0.6 is 24.0 Å². The smallest absolute Gasteiger partial charge is 0.239 e. The molecule has 1 unspecified atom stereocenters. The first-order valence-corrected chi connectivity index (χ1v) is 11.3. The minimum atomic E-state index is 0. The highest BCUT2D eigenvalue weighted by Gasteiger charge is 2.31. The van der Waals surface area contributed by atoms with Crippen molar-refractivity contribution < 1.29 is 4.79 Å². The van der Waals surface area contributed by atoms with Gasteiger partial charge in [-0.05, 0) is 58.5 Å². The molecule has 29 heavy (non-hydrogen) atoms. The molecule has 2 heterocycles. The van der Waals surface area contributed by atoms with Crippen LogP contribution in [0.25, 0.3) is 0 Å². The van der Waals surface area contributed by atoms with Gasteiger partial charge in [0.1, 0.15) is 0 Å². The minimum absolute atomic E-state index is 0. The van der Waals surface area contributed by atoms with E-state index >= 15 is 0 Å². The fourth-order valence-electron chi connectivity index (χ4n) is 4.27. The van der Waals surface area contributed by atoms with Gasteiger partial charge in [0.05, 0.1) is 6.04 Å². The normalized spacial score (nSPS) is 21.7. The van der Waals surface area contributed by atoms with Crippen LogP contribution in [-0.2, 0) is 4.79 Å². The molecule has 0 aromatic rings. The zero-order valence-electron chi connectivity index (χ0n) is 19.0. The molecule has 1 amide bonds. The van der Waals surface area contributed by atoms with Gasteiger partial charge in [-0.1, -0.05) is 6.92 Å². The van der Waals surface area contributed by atoms with Crippen LogP contribution in [0.1, 0.15) is 52.4 Å². The first-order valence-electron chi connectivity index (χ1n) is 11.3. The van der Waals surface area contributed by atoms with Crippen LogP contribution in [0.3, 0.4) is 0 Å². The van der Waals surface area contributed by atoms with Crippen LogP contribution in [-0.4, -0.2) is 98.6 Å². The largest absolute Gasteiger partial charge is 0.357 e. The van der Waals surface area contributed by atoms with Crippen LogP contribution in [0.4, 0.5) is 0 Å². The van der Waals surface area contributed by atoms with E-state index in [0.717, 1.165) is 51.4 Å². The topological polar surface area (TPSA) is 63.2 Å². The fraction of sp³-hybridized carbons (Fsp3) is 0.905. The average molecular weight is 523 g/mol. The SMILES string of the molecule is CCCN1CCC(NC(=NCCCN2CCCC2C(=O)N(C)C)NCC)CC1.I. The predicted molar refractivity (Wildman–Crippen MR) is 132 cm³/mol. The summed E-state index contributed by atoms with van der Waals surface area (Å²) in [4.78, 5) is 23.7. The number of carbonyl (C=O) groups excluding carboxylic acids is 1. The van der Waals surface area contributed by atoms with E-state index in [2.05, 4.69) is 34.3 Å². The number of nitrogens with zero attached hydrogens (tertiary/aromatic N) is 4. The van der Waals surface area contributed by atoms with Crippen LogP contribution in [0, 0.1) is 0 Å². The molecule has 0 aliphatic carbocycles. The lowest BCUT2D eigenvalue weighted by Crippen LogP contribution is -2.48. The van der Waals surface area contributed by atoms with Gasteiger partial charge in [-0.2, -0.15) is 0 Å². The number of hydrogen-bond acceptors (Lipinski definition) is 4. The molecule has 1 atom stereocenters. The molecule has 0 saturated carbocycles. The maximum Gasteiger partial charge on any atom is 0.239 e. The maximum absolute atomic E-state index is 12.3. The Bertz CT molecular complexity index is 494. The van der Waals surface area contributed by atoms with E-state index in [0.29, 0.717) is 6.04 Å². The highest BCUT2D eigenvalue weighted by Crippen LogP contribution is 2.18. The first-order chi connectivity index (χ1) is 13.5. The Morgan fingerprint density at radius 2 is 1.83 bits per heavy atom. The number of halogens is 1. The zero-order chi connectivity index (χ0) is 20.4. The van der Waals surface area contributed by atoms with E-state index in [1.807, 2.05) is 14.1 Å². The molecule has 8 heteroatoms. The van der Waals surface area contributed by atoms with Gasteiger partial charge in [0, 0.05) is 52.9 Å². The van der Waals surface area contributed by atoms with Gasteiger partial charge in [0.15, 0.2) is 5.96 Å². The lowest BCUT2D eigenvalue weighted by Gasteiger charge is -2.32. The molecule has 0 spiro atoms. The van der Waals surface area contributed by atoms with Gasteiger partial charge in [0.25, 0.3) is 0 Å². The highest BCUT2D eigenvalue weighted by molar-refractivity contribution is 14.0. The second-order valence-electron chi connectivity index (χ2n) is 8.30. The summed E-state index contributed by atoms with van der Waals surface area (Å²) in [5.41, 5.74) is 0. The maximum atomic E-state index is 12.3. The number of likely N-dealkylation sites (N-methyl/N-ethyl adjacent to an activating group) is 1. The van der Waals surface area contributed by atoms with Gasteiger partial charge in [0.2, 0.25) is 5.91 Å². The van der Waals surface area contributed by atoms with Gasteiger partial charge in [-0.15, -0.1) is 24.0 Å². The van der Waals surface area contributed by atoms with Crippen molar-refractivity contribution in [1.29, 1.82) is 0 Å². The van der Waals surface area contributed by atoms with Crippen molar-refractivity contribution in [2.75, 3.05) is 59.9 Å². The Morgan fingerprint density at radius 3 is 2.45 bits per heavy atom. The Hall–Kier alpha value is -0.610. The first kappa shape index (κ1) is 26.4. The van der Waals surface area contributed by atoms with Gasteiger partial charge >= 0.3 is 0 Å². The lowest BCUT2D eigenvalue weighted by molar-refractivity contribution is -0.133. The summed E-state index contributed by atoms with van der Waals surface area (Å²) in [7, 11) is 3.70. The van der Waals surface area contributed by atoms with Crippen LogP contribution < -0.4 is 10.6 Å². The van der Waals surface area contributed by atoms with Gasteiger partial charge in [-0.25, -0.2) is 0 Å². The summed E-state index contributed by atoms with van der Waals surface area (Å²) >= 11 is 0. The van der Waals surface area contributed by atoms with Crippen LogP contribution in [0.15, 0.2) is 4.99 Å². The van der Waals surface area contributed by atoms with E-state index < -0.39 is 0 Å². The number of piperidine rings is 1. The third-order valence-corrected chi connectivity index (χ3v) is 5.78. The summed E-state index contributed by atoms with van der Waals surface area (Å²) in [6, 6.07) is 0.588. The van der Waals surface area contributed by atoms with Crippen molar-refractivity contribution in [2.24, 2.45) is 4.99 Å². The molecule has 2 aliphatic rings. The van der Waals surface area contributed by atoms with Gasteiger partial charge < -0.3 is 20.4 Å². The summed E-state index contributed by atoms with van der Waals surface area (Å²) < 4.78 is 0. The molecular formula is C21H43IN6O. The van der Waals surface area contributed by atoms with E-state index in [9.17, 15) is 4.79 Å². The number of likely N-dealkylation sites (tertiary alicyclic amines) is 2. The van der Waals surface area contributed by atoms with E-state index in [4.69, 9.17) is 4.99 Å². The van der Waals surface area contributed by atoms with E-state index in [1.165, 1.54) is 38.9 Å². The molecule has 2 N–H and O–H groups in total.